The number of benzene rings is 1. The van der Waals surface area contributed by atoms with Crippen LogP contribution in [0.15, 0.2) is 22.7 Å². The van der Waals surface area contributed by atoms with Gasteiger partial charge in [-0.05, 0) is 25.1 Å². The van der Waals surface area contributed by atoms with E-state index in [1.165, 1.54) is 0 Å². The summed E-state index contributed by atoms with van der Waals surface area (Å²) < 4.78 is 2.63. The van der Waals surface area contributed by atoms with Gasteiger partial charge in [0.15, 0.2) is 5.82 Å². The second-order valence-corrected chi connectivity index (χ2v) is 5.06. The predicted molar refractivity (Wildman–Crippen MR) is 73.1 cm³/mol. The van der Waals surface area contributed by atoms with Crippen LogP contribution in [0.4, 0.5) is 0 Å². The Morgan fingerprint density at radius 2 is 2.28 bits per heavy atom. The van der Waals surface area contributed by atoms with Crippen LogP contribution in [-0.4, -0.2) is 14.8 Å². The molecular weight excluding hydrogens is 316 g/mol. The highest BCUT2D eigenvalue weighted by Gasteiger charge is 2.11. The van der Waals surface area contributed by atoms with Gasteiger partial charge in [-0.15, -0.1) is 0 Å². The first-order valence-electron chi connectivity index (χ1n) is 5.35. The Morgan fingerprint density at radius 3 is 2.94 bits per heavy atom. The van der Waals surface area contributed by atoms with Gasteiger partial charge in [-0.3, -0.25) is 0 Å². The van der Waals surface area contributed by atoms with E-state index in [9.17, 15) is 0 Å². The van der Waals surface area contributed by atoms with E-state index in [4.69, 9.17) is 16.9 Å². The highest BCUT2D eigenvalue weighted by molar-refractivity contribution is 9.10. The summed E-state index contributed by atoms with van der Waals surface area (Å²) in [5, 5.41) is 13.5. The Bertz CT molecular complexity index is 615. The van der Waals surface area contributed by atoms with Crippen molar-refractivity contribution < 1.29 is 0 Å². The fourth-order valence-electron chi connectivity index (χ4n) is 1.57. The van der Waals surface area contributed by atoms with E-state index in [1.54, 1.807) is 4.68 Å². The lowest BCUT2D eigenvalue weighted by Gasteiger charge is -2.00. The number of aryl methyl sites for hydroxylation is 2. The summed E-state index contributed by atoms with van der Waals surface area (Å²) >= 11 is 9.51. The molecule has 1 aromatic heterocycles. The summed E-state index contributed by atoms with van der Waals surface area (Å²) in [6.07, 6.45) is 0.414. The third kappa shape index (κ3) is 2.71. The zero-order chi connectivity index (χ0) is 13.1. The molecule has 0 atom stereocenters. The minimum atomic E-state index is 0.414. The van der Waals surface area contributed by atoms with Gasteiger partial charge in [-0.25, -0.2) is 9.67 Å². The van der Waals surface area contributed by atoms with Crippen molar-refractivity contribution in [2.45, 2.75) is 19.9 Å². The minimum Gasteiger partial charge on any atom is -0.249 e. The van der Waals surface area contributed by atoms with Crippen LogP contribution in [-0.2, 0) is 6.54 Å². The highest BCUT2D eigenvalue weighted by Crippen LogP contribution is 2.28. The second-order valence-electron chi connectivity index (χ2n) is 3.74. The van der Waals surface area contributed by atoms with E-state index >= 15 is 0 Å². The highest BCUT2D eigenvalue weighted by atomic mass is 79.9. The molecule has 0 fully saturated rings. The van der Waals surface area contributed by atoms with E-state index < -0.39 is 0 Å². The first kappa shape index (κ1) is 13.1. The van der Waals surface area contributed by atoms with Crippen molar-refractivity contribution in [2.24, 2.45) is 0 Å². The molecule has 0 amide bonds. The molecule has 1 aromatic carbocycles. The molecule has 0 aliphatic rings. The molecular formula is C12H10BrClN4. The SMILES string of the molecule is Cc1nc(-c2ccc(Br)cc2Cl)nn1CCC#N. The van der Waals surface area contributed by atoms with Gasteiger partial charge >= 0.3 is 0 Å². The van der Waals surface area contributed by atoms with Gasteiger partial charge < -0.3 is 0 Å². The molecule has 0 N–H and O–H groups in total. The van der Waals surface area contributed by atoms with Crippen LogP contribution in [0.25, 0.3) is 11.4 Å². The lowest BCUT2D eigenvalue weighted by Crippen LogP contribution is -2.01. The minimum absolute atomic E-state index is 0.414. The zero-order valence-corrected chi connectivity index (χ0v) is 12.0. The van der Waals surface area contributed by atoms with E-state index in [0.717, 1.165) is 15.9 Å². The molecule has 0 bridgehead atoms. The summed E-state index contributed by atoms with van der Waals surface area (Å²) in [5.74, 6) is 1.36. The summed E-state index contributed by atoms with van der Waals surface area (Å²) in [7, 11) is 0. The average Bonchev–Trinajstić information content (AvgIpc) is 2.68. The van der Waals surface area contributed by atoms with Crippen LogP contribution in [0.3, 0.4) is 0 Å². The van der Waals surface area contributed by atoms with Gasteiger partial charge in [0.2, 0.25) is 0 Å². The molecule has 18 heavy (non-hydrogen) atoms. The normalized spacial score (nSPS) is 10.3. The van der Waals surface area contributed by atoms with E-state index in [-0.39, 0.29) is 0 Å². The van der Waals surface area contributed by atoms with E-state index in [0.29, 0.717) is 23.8 Å². The maximum atomic E-state index is 8.58. The molecule has 92 valence electrons. The molecule has 0 aliphatic carbocycles. The van der Waals surface area contributed by atoms with Crippen molar-refractivity contribution in [1.82, 2.24) is 14.8 Å². The second kappa shape index (κ2) is 5.51. The van der Waals surface area contributed by atoms with Gasteiger partial charge in [-0.1, -0.05) is 27.5 Å². The summed E-state index contributed by atoms with van der Waals surface area (Å²) in [6.45, 7) is 2.41. The van der Waals surface area contributed by atoms with Crippen molar-refractivity contribution in [3.8, 4) is 17.5 Å². The van der Waals surface area contributed by atoms with Gasteiger partial charge in [0, 0.05) is 10.0 Å². The van der Waals surface area contributed by atoms with Crippen LogP contribution in [0.2, 0.25) is 5.02 Å². The molecule has 0 saturated heterocycles. The van der Waals surface area contributed by atoms with Gasteiger partial charge in [0.1, 0.15) is 5.82 Å². The molecule has 2 aromatic rings. The van der Waals surface area contributed by atoms with Gasteiger partial charge in [0.25, 0.3) is 0 Å². The van der Waals surface area contributed by atoms with Crippen molar-refractivity contribution in [1.29, 1.82) is 5.26 Å². The van der Waals surface area contributed by atoms with Crippen LogP contribution in [0.5, 0.6) is 0 Å². The third-order valence-corrected chi connectivity index (χ3v) is 3.27. The average molecular weight is 326 g/mol. The maximum Gasteiger partial charge on any atom is 0.182 e. The first-order chi connectivity index (χ1) is 8.61. The number of nitrogens with zero attached hydrogens (tertiary/aromatic N) is 4. The number of nitriles is 1. The Morgan fingerprint density at radius 1 is 1.50 bits per heavy atom. The number of hydrogen-bond acceptors (Lipinski definition) is 3. The molecule has 6 heteroatoms. The Labute approximate surface area is 118 Å². The lowest BCUT2D eigenvalue weighted by atomic mass is 10.2. The first-order valence-corrected chi connectivity index (χ1v) is 6.52. The number of halogens is 2. The Balaban J connectivity index is 2.37. The largest absolute Gasteiger partial charge is 0.249 e. The number of rotatable bonds is 3. The van der Waals surface area contributed by atoms with Crippen LogP contribution in [0, 0.1) is 18.3 Å². The van der Waals surface area contributed by atoms with Crippen LogP contribution in [0.1, 0.15) is 12.2 Å². The molecule has 0 spiro atoms. The molecule has 1 heterocycles. The van der Waals surface area contributed by atoms with Crippen LogP contribution < -0.4 is 0 Å². The number of aromatic nitrogens is 3. The summed E-state index contributed by atoms with van der Waals surface area (Å²) in [6, 6.07) is 7.66. The van der Waals surface area contributed by atoms with Gasteiger partial charge in [-0.2, -0.15) is 10.4 Å². The third-order valence-electron chi connectivity index (χ3n) is 2.46. The van der Waals surface area contributed by atoms with Crippen molar-refractivity contribution >= 4 is 27.5 Å². The summed E-state index contributed by atoms with van der Waals surface area (Å²) in [4.78, 5) is 4.37. The predicted octanol–water partition coefficient (Wildman–Crippen LogP) is 3.58. The molecule has 0 saturated carbocycles. The van der Waals surface area contributed by atoms with E-state index in [1.807, 2.05) is 25.1 Å². The molecule has 4 nitrogen and oxygen atoms in total. The van der Waals surface area contributed by atoms with Crippen molar-refractivity contribution in [3.63, 3.8) is 0 Å². The fourth-order valence-corrected chi connectivity index (χ4v) is 2.33. The van der Waals surface area contributed by atoms with Crippen molar-refractivity contribution in [2.75, 3.05) is 0 Å². The summed E-state index contributed by atoms with van der Waals surface area (Å²) in [5.41, 5.74) is 0.790. The molecule has 0 radical (unpaired) electrons. The quantitative estimate of drug-likeness (QED) is 0.866. The Kier molecular flexibility index (Phi) is 4.00. The topological polar surface area (TPSA) is 54.5 Å². The van der Waals surface area contributed by atoms with E-state index in [2.05, 4.69) is 32.1 Å². The standard InChI is InChI=1S/C12H10BrClN4/c1-8-16-12(17-18(8)6-2-5-15)10-4-3-9(13)7-11(10)14/h3-4,7H,2,6H2,1H3. The Hall–Kier alpha value is -1.38. The molecule has 2 rings (SSSR count). The monoisotopic (exact) mass is 324 g/mol. The van der Waals surface area contributed by atoms with Crippen molar-refractivity contribution in [3.05, 3.63) is 33.5 Å². The number of hydrogen-bond donors (Lipinski definition) is 0. The molecule has 0 aliphatic heterocycles. The smallest absolute Gasteiger partial charge is 0.182 e. The zero-order valence-electron chi connectivity index (χ0n) is 9.69. The molecule has 0 unspecified atom stereocenters. The lowest BCUT2D eigenvalue weighted by molar-refractivity contribution is 0.608. The maximum absolute atomic E-state index is 8.58. The fraction of sp³-hybridized carbons (Fsp3) is 0.250. The van der Waals surface area contributed by atoms with Gasteiger partial charge in [0.05, 0.1) is 24.1 Å². The van der Waals surface area contributed by atoms with Crippen LogP contribution >= 0.6 is 27.5 Å².